The summed E-state index contributed by atoms with van der Waals surface area (Å²) in [6, 6.07) is 12.1. The fourth-order valence-corrected chi connectivity index (χ4v) is 5.85. The van der Waals surface area contributed by atoms with Crippen LogP contribution in [0, 0.1) is 5.82 Å². The molecule has 3 aromatic rings. The highest BCUT2D eigenvalue weighted by Crippen LogP contribution is 2.43. The van der Waals surface area contributed by atoms with Crippen molar-refractivity contribution in [2.75, 3.05) is 24.5 Å². The van der Waals surface area contributed by atoms with Crippen molar-refractivity contribution in [3.05, 3.63) is 69.7 Å². The second-order valence-corrected chi connectivity index (χ2v) is 14.2. The maximum Gasteiger partial charge on any atom is 0.426 e. The first kappa shape index (κ1) is 35.7. The van der Waals surface area contributed by atoms with Crippen molar-refractivity contribution in [3.8, 4) is 16.9 Å². The Labute approximate surface area is 275 Å². The molecule has 0 atom stereocenters. The summed E-state index contributed by atoms with van der Waals surface area (Å²) in [5.41, 5.74) is -0.263. The molecule has 0 saturated heterocycles. The molecule has 0 saturated carbocycles. The van der Waals surface area contributed by atoms with Crippen LogP contribution in [-0.4, -0.2) is 53.7 Å². The number of benzene rings is 2. The van der Waals surface area contributed by atoms with Crippen molar-refractivity contribution >= 4 is 35.0 Å². The topological polar surface area (TPSA) is 85.4 Å². The first-order chi connectivity index (χ1) is 21.8. The van der Waals surface area contributed by atoms with E-state index in [1.165, 1.54) is 17.0 Å². The summed E-state index contributed by atoms with van der Waals surface area (Å²) in [4.78, 5) is 40.6. The second-order valence-electron chi connectivity index (χ2n) is 13.1. The van der Waals surface area contributed by atoms with Crippen LogP contribution in [0.4, 0.5) is 28.0 Å². The van der Waals surface area contributed by atoms with Crippen LogP contribution in [0.5, 0.6) is 5.75 Å². The van der Waals surface area contributed by atoms with Gasteiger partial charge < -0.3 is 19.1 Å². The first-order valence-corrected chi connectivity index (χ1v) is 15.8. The molecule has 47 heavy (non-hydrogen) atoms. The van der Waals surface area contributed by atoms with Crippen LogP contribution in [0.3, 0.4) is 0 Å². The first-order valence-electron chi connectivity index (χ1n) is 15.0. The number of anilines is 1. The SMILES string of the molecule is CC(C)(C)OC(=O)CCN(CC(=O)N1CCc2cc(OCc3cc(-c4ccccc4)c(C(F)(F)F)s3)c(F)cc21)C(=O)OC(C)(C)C. The van der Waals surface area contributed by atoms with E-state index in [0.29, 0.717) is 28.9 Å². The molecule has 4 rings (SSSR count). The van der Waals surface area contributed by atoms with Gasteiger partial charge in [0, 0.05) is 29.6 Å². The van der Waals surface area contributed by atoms with Crippen LogP contribution < -0.4 is 9.64 Å². The zero-order valence-corrected chi connectivity index (χ0v) is 27.9. The molecule has 2 heterocycles. The number of nitrogens with zero attached hydrogens (tertiary/aromatic N) is 2. The summed E-state index contributed by atoms with van der Waals surface area (Å²) in [5, 5.41) is 0. The van der Waals surface area contributed by atoms with Crippen molar-refractivity contribution in [2.24, 2.45) is 0 Å². The highest BCUT2D eigenvalue weighted by Gasteiger charge is 2.37. The minimum atomic E-state index is -4.57. The average Bonchev–Trinajstić information content (AvgIpc) is 3.57. The van der Waals surface area contributed by atoms with E-state index in [1.54, 1.807) is 71.9 Å². The Hall–Kier alpha value is -4.13. The van der Waals surface area contributed by atoms with Gasteiger partial charge in [-0.2, -0.15) is 13.2 Å². The van der Waals surface area contributed by atoms with Crippen LogP contribution in [0.2, 0.25) is 0 Å². The van der Waals surface area contributed by atoms with Crippen molar-refractivity contribution in [1.29, 1.82) is 0 Å². The minimum absolute atomic E-state index is 0.0248. The van der Waals surface area contributed by atoms with E-state index >= 15 is 4.39 Å². The molecule has 0 aliphatic carbocycles. The standard InChI is InChI=1S/C34H38F4N2O6S/c1-32(2,3)45-29(42)13-14-39(31(43)46-33(4,5)6)19-28(41)40-15-12-22-16-27(25(35)18-26(22)40)44-20-23-17-24(21-10-8-7-9-11-21)30(47-23)34(36,37)38/h7-11,16-18H,12-15,19-20H2,1-6H3. The van der Waals surface area contributed by atoms with Crippen LogP contribution >= 0.6 is 11.3 Å². The maximum absolute atomic E-state index is 15.3. The molecule has 2 amide bonds. The number of fused-ring (bicyclic) bond motifs is 1. The van der Waals surface area contributed by atoms with E-state index < -0.39 is 52.6 Å². The monoisotopic (exact) mass is 678 g/mol. The van der Waals surface area contributed by atoms with Gasteiger partial charge in [0.05, 0.1) is 12.1 Å². The number of esters is 1. The number of halogens is 4. The van der Waals surface area contributed by atoms with Gasteiger partial charge >= 0.3 is 18.2 Å². The summed E-state index contributed by atoms with van der Waals surface area (Å²) in [5.74, 6) is -2.02. The number of thiophene rings is 1. The maximum atomic E-state index is 15.3. The van der Waals surface area contributed by atoms with E-state index in [-0.39, 0.29) is 48.0 Å². The third-order valence-corrected chi connectivity index (χ3v) is 7.96. The third-order valence-electron chi connectivity index (χ3n) is 6.81. The number of carbonyl (C=O) groups excluding carboxylic acids is 3. The average molecular weight is 679 g/mol. The van der Waals surface area contributed by atoms with Crippen LogP contribution in [0.25, 0.3) is 11.1 Å². The molecule has 1 aromatic heterocycles. The number of alkyl halides is 3. The molecule has 1 aliphatic rings. The zero-order chi connectivity index (χ0) is 34.7. The van der Waals surface area contributed by atoms with Crippen molar-refractivity contribution in [1.82, 2.24) is 4.90 Å². The Morgan fingerprint density at radius 2 is 1.60 bits per heavy atom. The van der Waals surface area contributed by atoms with E-state index in [9.17, 15) is 27.6 Å². The van der Waals surface area contributed by atoms with Gasteiger partial charge in [-0.05, 0) is 71.2 Å². The fourth-order valence-electron chi connectivity index (χ4n) is 4.89. The number of carbonyl (C=O) groups is 3. The van der Waals surface area contributed by atoms with E-state index in [0.717, 1.165) is 11.0 Å². The lowest BCUT2D eigenvalue weighted by atomic mass is 10.1. The smallest absolute Gasteiger partial charge is 0.426 e. The minimum Gasteiger partial charge on any atom is -0.485 e. The second kappa shape index (κ2) is 13.9. The van der Waals surface area contributed by atoms with Gasteiger partial charge in [-0.3, -0.25) is 14.5 Å². The van der Waals surface area contributed by atoms with Crippen molar-refractivity contribution < 1.29 is 46.2 Å². The largest absolute Gasteiger partial charge is 0.485 e. The molecule has 0 unspecified atom stereocenters. The molecule has 0 spiro atoms. The summed E-state index contributed by atoms with van der Waals surface area (Å²) in [7, 11) is 0. The van der Waals surface area contributed by atoms with Gasteiger partial charge in [-0.25, -0.2) is 9.18 Å². The molecular weight excluding hydrogens is 640 g/mol. The van der Waals surface area contributed by atoms with E-state index in [4.69, 9.17) is 14.2 Å². The molecule has 1 aliphatic heterocycles. The summed E-state index contributed by atoms with van der Waals surface area (Å²) < 4.78 is 73.0. The Morgan fingerprint density at radius 1 is 0.936 bits per heavy atom. The Bertz CT molecular complexity index is 1610. The molecule has 254 valence electrons. The molecule has 13 heteroatoms. The number of amides is 2. The molecular formula is C34H38F4N2O6S. The third kappa shape index (κ3) is 9.69. The number of ether oxygens (including phenoxy) is 3. The summed E-state index contributed by atoms with van der Waals surface area (Å²) >= 11 is 0.539. The lowest BCUT2D eigenvalue weighted by molar-refractivity contribution is -0.155. The Balaban J connectivity index is 1.47. The Morgan fingerprint density at radius 3 is 2.21 bits per heavy atom. The van der Waals surface area contributed by atoms with Gasteiger partial charge in [-0.15, -0.1) is 11.3 Å². The van der Waals surface area contributed by atoms with Gasteiger partial charge in [-0.1, -0.05) is 30.3 Å². The summed E-state index contributed by atoms with van der Waals surface area (Å²) in [6.07, 6.45) is -5.17. The van der Waals surface area contributed by atoms with Crippen molar-refractivity contribution in [2.45, 2.75) is 78.4 Å². The summed E-state index contributed by atoms with van der Waals surface area (Å²) in [6.45, 7) is 9.52. The lowest BCUT2D eigenvalue weighted by Crippen LogP contribution is -2.45. The molecule has 0 fully saturated rings. The van der Waals surface area contributed by atoms with Gasteiger partial charge in [0.2, 0.25) is 5.91 Å². The Kier molecular flexibility index (Phi) is 10.6. The van der Waals surface area contributed by atoms with Gasteiger partial charge in [0.25, 0.3) is 0 Å². The predicted molar refractivity (Wildman–Crippen MR) is 170 cm³/mol. The van der Waals surface area contributed by atoms with Crippen LogP contribution in [0.15, 0.2) is 48.5 Å². The number of hydrogen-bond donors (Lipinski definition) is 0. The van der Waals surface area contributed by atoms with E-state index in [2.05, 4.69) is 0 Å². The van der Waals surface area contributed by atoms with E-state index in [1.807, 2.05) is 0 Å². The molecule has 8 nitrogen and oxygen atoms in total. The van der Waals surface area contributed by atoms with Crippen molar-refractivity contribution in [3.63, 3.8) is 0 Å². The fraction of sp³-hybridized carbons (Fsp3) is 0.441. The van der Waals surface area contributed by atoms with Crippen LogP contribution in [0.1, 0.15) is 63.3 Å². The normalized spacial score (nSPS) is 13.3. The molecule has 0 radical (unpaired) electrons. The van der Waals surface area contributed by atoms with Gasteiger partial charge in [0.1, 0.15) is 29.2 Å². The highest BCUT2D eigenvalue weighted by atomic mass is 32.1. The highest BCUT2D eigenvalue weighted by molar-refractivity contribution is 7.12. The lowest BCUT2D eigenvalue weighted by Gasteiger charge is -2.29. The van der Waals surface area contributed by atoms with Crippen LogP contribution in [-0.2, 0) is 38.3 Å². The zero-order valence-electron chi connectivity index (χ0n) is 27.1. The quantitative estimate of drug-likeness (QED) is 0.168. The number of rotatable bonds is 9. The number of hydrogen-bond acceptors (Lipinski definition) is 7. The van der Waals surface area contributed by atoms with Gasteiger partial charge in [0.15, 0.2) is 11.6 Å². The molecule has 0 bridgehead atoms. The predicted octanol–water partition coefficient (Wildman–Crippen LogP) is 8.01. The molecule has 2 aromatic carbocycles. The molecule has 0 N–H and O–H groups in total.